The first-order valence-electron chi connectivity index (χ1n) is 10.4. The number of aromatic nitrogens is 1. The molecule has 8 heteroatoms. The van der Waals surface area contributed by atoms with Crippen molar-refractivity contribution in [3.63, 3.8) is 0 Å². The fourth-order valence-electron chi connectivity index (χ4n) is 4.20. The van der Waals surface area contributed by atoms with E-state index in [1.54, 1.807) is 23.5 Å². The number of para-hydroxylation sites is 1. The Morgan fingerprint density at radius 1 is 1.19 bits per heavy atom. The molecule has 1 saturated heterocycles. The average molecular weight is 438 g/mol. The van der Waals surface area contributed by atoms with Crippen LogP contribution in [0, 0.1) is 0 Å². The van der Waals surface area contributed by atoms with Crippen LogP contribution < -0.4 is 14.8 Å². The second-order valence-electron chi connectivity index (χ2n) is 7.86. The molecular weight excluding hydrogens is 414 g/mol. The highest BCUT2D eigenvalue weighted by atomic mass is 32.1. The third kappa shape index (κ3) is 4.00. The van der Waals surface area contributed by atoms with E-state index < -0.39 is 0 Å². The molecule has 1 aromatic heterocycles. The first-order valence-corrected chi connectivity index (χ1v) is 11.2. The van der Waals surface area contributed by atoms with Gasteiger partial charge in [-0.2, -0.15) is 0 Å². The third-order valence-electron chi connectivity index (χ3n) is 5.72. The van der Waals surface area contributed by atoms with E-state index in [1.165, 1.54) is 11.6 Å². The fraction of sp³-hybridized carbons (Fsp3) is 0.348. The van der Waals surface area contributed by atoms with Crippen molar-refractivity contribution in [1.29, 1.82) is 0 Å². The van der Waals surface area contributed by atoms with Crippen LogP contribution >= 0.6 is 11.3 Å². The lowest BCUT2D eigenvalue weighted by atomic mass is 10.0. The number of nitrogens with zero attached hydrogens (tertiary/aromatic N) is 2. The summed E-state index contributed by atoms with van der Waals surface area (Å²) in [5.41, 5.74) is 1.87. The molecule has 2 aromatic carbocycles. The second-order valence-corrected chi connectivity index (χ2v) is 8.92. The molecule has 0 spiro atoms. The summed E-state index contributed by atoms with van der Waals surface area (Å²) < 4.78 is 11.9. The van der Waals surface area contributed by atoms with Gasteiger partial charge in [-0.15, -0.1) is 11.3 Å². The number of likely N-dealkylation sites (tertiary alicyclic amines) is 1. The minimum Gasteiger partial charge on any atom is -0.454 e. The molecule has 3 aromatic rings. The highest BCUT2D eigenvalue weighted by Gasteiger charge is 2.29. The molecular formula is C23H23N3O4S. The first kappa shape index (κ1) is 20.0. The van der Waals surface area contributed by atoms with Gasteiger partial charge in [0.05, 0.1) is 28.5 Å². The van der Waals surface area contributed by atoms with E-state index in [9.17, 15) is 9.59 Å². The Balaban J connectivity index is 1.35. The number of fused-ring (bicyclic) bond motifs is 2. The van der Waals surface area contributed by atoms with Crippen molar-refractivity contribution in [2.75, 3.05) is 25.2 Å². The van der Waals surface area contributed by atoms with Gasteiger partial charge in [-0.05, 0) is 44.5 Å². The highest BCUT2D eigenvalue weighted by Crippen LogP contribution is 2.38. The van der Waals surface area contributed by atoms with Crippen LogP contribution in [0.1, 0.15) is 47.6 Å². The highest BCUT2D eigenvalue weighted by molar-refractivity contribution is 7.18. The van der Waals surface area contributed by atoms with E-state index >= 15 is 0 Å². The van der Waals surface area contributed by atoms with Gasteiger partial charge in [0.25, 0.3) is 0 Å². The van der Waals surface area contributed by atoms with Gasteiger partial charge in [0.15, 0.2) is 17.3 Å². The number of carbonyl (C=O) groups is 2. The number of ether oxygens (including phenoxy) is 2. The van der Waals surface area contributed by atoms with Crippen molar-refractivity contribution < 1.29 is 19.1 Å². The standard InChI is InChI=1S/C23H23N3O4S/c1-14(27)15-10-19-20(30-13-29-19)11-17(15)24-22(28)12-26-9-5-4-7-18(26)23-25-16-6-2-3-8-21(16)31-23/h2-3,6,8,10-11,18H,4-5,7,9,12-13H2,1H3,(H,24,28)/t18-/m0/s1. The number of piperidine rings is 1. The van der Waals surface area contributed by atoms with Crippen LogP contribution in [-0.4, -0.2) is 41.5 Å². The van der Waals surface area contributed by atoms with Crippen molar-refractivity contribution in [3.05, 3.63) is 47.0 Å². The van der Waals surface area contributed by atoms with Gasteiger partial charge >= 0.3 is 0 Å². The Bertz CT molecular complexity index is 1130. The number of carbonyl (C=O) groups excluding carboxylic acids is 2. The van der Waals surface area contributed by atoms with Crippen LogP contribution in [0.4, 0.5) is 5.69 Å². The lowest BCUT2D eigenvalue weighted by Gasteiger charge is -2.33. The molecule has 0 bridgehead atoms. The van der Waals surface area contributed by atoms with Crippen molar-refractivity contribution in [1.82, 2.24) is 9.88 Å². The van der Waals surface area contributed by atoms with Crippen LogP contribution in [-0.2, 0) is 4.79 Å². The predicted molar refractivity (Wildman–Crippen MR) is 119 cm³/mol. The Kier molecular flexibility index (Phi) is 5.33. The quantitative estimate of drug-likeness (QED) is 0.596. The van der Waals surface area contributed by atoms with Crippen LogP contribution in [0.2, 0.25) is 0 Å². The molecule has 0 aliphatic carbocycles. The lowest BCUT2D eigenvalue weighted by Crippen LogP contribution is -2.39. The largest absolute Gasteiger partial charge is 0.454 e. The number of hydrogen-bond acceptors (Lipinski definition) is 7. The average Bonchev–Trinajstić information content (AvgIpc) is 3.39. The monoisotopic (exact) mass is 437 g/mol. The molecule has 3 heterocycles. The van der Waals surface area contributed by atoms with Gasteiger partial charge in [-0.25, -0.2) is 4.98 Å². The Hall–Kier alpha value is -2.97. The molecule has 160 valence electrons. The SMILES string of the molecule is CC(=O)c1cc2c(cc1NC(=O)CN1CCCC[C@H]1c1nc3ccccc3s1)OCO2. The lowest BCUT2D eigenvalue weighted by molar-refractivity contribution is -0.118. The summed E-state index contributed by atoms with van der Waals surface area (Å²) >= 11 is 1.70. The summed E-state index contributed by atoms with van der Waals surface area (Å²) in [5, 5.41) is 3.97. The Morgan fingerprint density at radius 2 is 2.00 bits per heavy atom. The van der Waals surface area contributed by atoms with Crippen molar-refractivity contribution >= 4 is 38.9 Å². The number of nitrogens with one attached hydrogen (secondary N) is 1. The number of rotatable bonds is 5. The van der Waals surface area contributed by atoms with E-state index in [1.807, 2.05) is 18.2 Å². The maximum atomic E-state index is 13.0. The number of thiazole rings is 1. The molecule has 0 saturated carbocycles. The Morgan fingerprint density at radius 3 is 2.81 bits per heavy atom. The zero-order valence-corrected chi connectivity index (χ0v) is 18.0. The number of benzene rings is 2. The molecule has 31 heavy (non-hydrogen) atoms. The van der Waals surface area contributed by atoms with Gasteiger partial charge in [-0.1, -0.05) is 18.6 Å². The molecule has 0 radical (unpaired) electrons. The van der Waals surface area contributed by atoms with E-state index in [4.69, 9.17) is 14.5 Å². The molecule has 2 aliphatic heterocycles. The molecule has 1 amide bonds. The number of hydrogen-bond donors (Lipinski definition) is 1. The predicted octanol–water partition coefficient (Wildman–Crippen LogP) is 4.39. The van der Waals surface area contributed by atoms with E-state index in [0.717, 1.165) is 36.3 Å². The normalized spacial score (nSPS) is 18.3. The van der Waals surface area contributed by atoms with E-state index in [0.29, 0.717) is 22.7 Å². The molecule has 1 atom stereocenters. The third-order valence-corrected chi connectivity index (χ3v) is 6.86. The summed E-state index contributed by atoms with van der Waals surface area (Å²) in [7, 11) is 0. The van der Waals surface area contributed by atoms with Gasteiger partial charge < -0.3 is 14.8 Å². The van der Waals surface area contributed by atoms with E-state index in [2.05, 4.69) is 16.3 Å². The summed E-state index contributed by atoms with van der Waals surface area (Å²) in [6.45, 7) is 2.67. The van der Waals surface area contributed by atoms with E-state index in [-0.39, 0.29) is 31.1 Å². The molecule has 1 N–H and O–H groups in total. The molecule has 5 rings (SSSR count). The molecule has 1 fully saturated rings. The van der Waals surface area contributed by atoms with Crippen LogP contribution in [0.25, 0.3) is 10.2 Å². The maximum absolute atomic E-state index is 13.0. The first-order chi connectivity index (χ1) is 15.1. The summed E-state index contributed by atoms with van der Waals surface area (Å²) in [6.07, 6.45) is 3.16. The number of ketones is 1. The van der Waals surface area contributed by atoms with Gasteiger partial charge in [0, 0.05) is 11.6 Å². The summed E-state index contributed by atoms with van der Waals surface area (Å²) in [4.78, 5) is 32.1. The number of Topliss-reactive ketones (excluding diaryl/α,β-unsaturated/α-hetero) is 1. The Labute approximate surface area is 184 Å². The number of amides is 1. The maximum Gasteiger partial charge on any atom is 0.238 e. The van der Waals surface area contributed by atoms with Crippen molar-refractivity contribution in [3.8, 4) is 11.5 Å². The van der Waals surface area contributed by atoms with Crippen LogP contribution in [0.15, 0.2) is 36.4 Å². The van der Waals surface area contributed by atoms with Gasteiger partial charge in [0.2, 0.25) is 12.7 Å². The van der Waals surface area contributed by atoms with Gasteiger partial charge in [-0.3, -0.25) is 14.5 Å². The van der Waals surface area contributed by atoms with Gasteiger partial charge in [0.1, 0.15) is 5.01 Å². The fourth-order valence-corrected chi connectivity index (χ4v) is 5.34. The molecule has 0 unspecified atom stereocenters. The topological polar surface area (TPSA) is 80.8 Å². The van der Waals surface area contributed by atoms with Crippen LogP contribution in [0.5, 0.6) is 11.5 Å². The minimum absolute atomic E-state index is 0.113. The summed E-state index contributed by atoms with van der Waals surface area (Å²) in [5.74, 6) is 0.758. The molecule has 7 nitrogen and oxygen atoms in total. The zero-order valence-electron chi connectivity index (χ0n) is 17.2. The van der Waals surface area contributed by atoms with Crippen molar-refractivity contribution in [2.24, 2.45) is 0 Å². The second kappa shape index (κ2) is 8.28. The molecule has 2 aliphatic rings. The number of anilines is 1. The zero-order chi connectivity index (χ0) is 21.4. The van der Waals surface area contributed by atoms with Crippen molar-refractivity contribution in [2.45, 2.75) is 32.2 Å². The smallest absolute Gasteiger partial charge is 0.238 e. The van der Waals surface area contributed by atoms with Crippen LogP contribution in [0.3, 0.4) is 0 Å². The summed E-state index contributed by atoms with van der Waals surface area (Å²) in [6, 6.07) is 11.5. The minimum atomic E-state index is -0.158.